The van der Waals surface area contributed by atoms with E-state index in [9.17, 15) is 18.4 Å². The van der Waals surface area contributed by atoms with Crippen molar-refractivity contribution in [3.05, 3.63) is 34.2 Å². The lowest BCUT2D eigenvalue weighted by atomic mass is 9.91. The molecular weight excluding hydrogens is 340 g/mol. The van der Waals surface area contributed by atoms with Crippen molar-refractivity contribution in [2.75, 3.05) is 14.1 Å². The topological polar surface area (TPSA) is 62.3 Å². The number of nitrogens with zero attached hydrogens (tertiary/aromatic N) is 2. The molecule has 142 valence electrons. The van der Waals surface area contributed by atoms with Gasteiger partial charge in [0.15, 0.2) is 6.29 Å². The van der Waals surface area contributed by atoms with Gasteiger partial charge in [0.1, 0.15) is 5.69 Å². The second-order valence-electron chi connectivity index (χ2n) is 6.75. The van der Waals surface area contributed by atoms with Gasteiger partial charge in [0.2, 0.25) is 0 Å². The van der Waals surface area contributed by atoms with E-state index in [0.717, 1.165) is 19.8 Å². The molecule has 1 aliphatic carbocycles. The summed E-state index contributed by atoms with van der Waals surface area (Å²) < 4.78 is 28.7. The Morgan fingerprint density at radius 2 is 2.04 bits per heavy atom. The van der Waals surface area contributed by atoms with Gasteiger partial charge in [-0.25, -0.2) is 4.98 Å². The van der Waals surface area contributed by atoms with Crippen LogP contribution in [-0.4, -0.2) is 42.2 Å². The number of carbonyl (C=O) groups is 2. The van der Waals surface area contributed by atoms with Crippen LogP contribution in [0.3, 0.4) is 0 Å². The number of pyridine rings is 1. The van der Waals surface area contributed by atoms with Crippen LogP contribution >= 0.6 is 0 Å². The number of amides is 1. The zero-order valence-electron chi connectivity index (χ0n) is 15.8. The minimum absolute atomic E-state index is 0.0271. The van der Waals surface area contributed by atoms with Gasteiger partial charge in [0, 0.05) is 43.3 Å². The Bertz CT molecular complexity index is 750. The summed E-state index contributed by atoms with van der Waals surface area (Å²) in [6.07, 6.45) is 4.21. The predicted octanol–water partition coefficient (Wildman–Crippen LogP) is 3.06. The van der Waals surface area contributed by atoms with E-state index in [1.807, 2.05) is 11.9 Å². The lowest BCUT2D eigenvalue weighted by Crippen LogP contribution is -2.27. The molecule has 0 unspecified atom stereocenters. The largest absolute Gasteiger partial charge is 0.355 e. The fourth-order valence-electron chi connectivity index (χ4n) is 3.11. The third-order valence-electron chi connectivity index (χ3n) is 4.71. The quantitative estimate of drug-likeness (QED) is 0.596. The summed E-state index contributed by atoms with van der Waals surface area (Å²) in [6.45, 7) is 4.25. The Labute approximate surface area is 152 Å². The van der Waals surface area contributed by atoms with Crippen molar-refractivity contribution in [3.63, 3.8) is 0 Å². The summed E-state index contributed by atoms with van der Waals surface area (Å²) in [7, 11) is 3.32. The number of alkyl halides is 2. The molecule has 26 heavy (non-hydrogen) atoms. The highest BCUT2D eigenvalue weighted by Crippen LogP contribution is 2.36. The van der Waals surface area contributed by atoms with Crippen LogP contribution in [0.2, 0.25) is 0 Å². The minimum atomic E-state index is -3.25. The molecule has 0 saturated heterocycles. The molecule has 0 aromatic carbocycles. The highest BCUT2D eigenvalue weighted by molar-refractivity contribution is 6.20. The van der Waals surface area contributed by atoms with Crippen molar-refractivity contribution in [1.29, 1.82) is 0 Å². The molecule has 1 heterocycles. The van der Waals surface area contributed by atoms with Gasteiger partial charge in [0.25, 0.3) is 11.8 Å². The number of likely N-dealkylation sites (N-methyl/N-ethyl adjacent to an activating group) is 1. The smallest absolute Gasteiger partial charge is 0.287 e. The number of carbonyl (C=O) groups excluding carboxylic acids is 2. The molecule has 5 nitrogen and oxygen atoms in total. The number of aromatic nitrogens is 1. The maximum Gasteiger partial charge on any atom is 0.287 e. The van der Waals surface area contributed by atoms with Crippen LogP contribution in [0.15, 0.2) is 6.08 Å². The molecule has 1 aromatic rings. The van der Waals surface area contributed by atoms with Crippen molar-refractivity contribution in [3.8, 4) is 0 Å². The van der Waals surface area contributed by atoms with Crippen LogP contribution in [0.5, 0.6) is 0 Å². The molecule has 1 fully saturated rings. The number of hydrogen-bond acceptors (Lipinski definition) is 4. The first-order chi connectivity index (χ1) is 12.1. The van der Waals surface area contributed by atoms with Gasteiger partial charge in [-0.05, 0) is 39.3 Å². The van der Waals surface area contributed by atoms with Gasteiger partial charge >= 0.3 is 0 Å². The molecule has 1 amide bonds. The van der Waals surface area contributed by atoms with Gasteiger partial charge < -0.3 is 5.32 Å². The van der Waals surface area contributed by atoms with E-state index >= 15 is 0 Å². The van der Waals surface area contributed by atoms with Crippen molar-refractivity contribution < 1.29 is 18.4 Å². The number of rotatable bonds is 7. The van der Waals surface area contributed by atoms with E-state index in [0.29, 0.717) is 30.1 Å². The highest BCUT2D eigenvalue weighted by atomic mass is 19.3. The van der Waals surface area contributed by atoms with Crippen LogP contribution in [0.4, 0.5) is 8.78 Å². The Balaban J connectivity index is 2.70. The first kappa shape index (κ1) is 20.2. The van der Waals surface area contributed by atoms with E-state index in [4.69, 9.17) is 0 Å². The normalized spacial score (nSPS) is 15.3. The lowest BCUT2D eigenvalue weighted by molar-refractivity contribution is -0.115. The Morgan fingerprint density at radius 1 is 1.42 bits per heavy atom. The molecule has 0 atom stereocenters. The predicted molar refractivity (Wildman–Crippen MR) is 96.1 cm³/mol. The lowest BCUT2D eigenvalue weighted by Gasteiger charge is -2.23. The average molecular weight is 365 g/mol. The summed E-state index contributed by atoms with van der Waals surface area (Å²) in [5.41, 5.74) is 0.570. The van der Waals surface area contributed by atoms with Crippen molar-refractivity contribution in [2.24, 2.45) is 0 Å². The number of nitrogens with one attached hydrogen (secondary N) is 1. The van der Waals surface area contributed by atoms with Gasteiger partial charge in [0.05, 0.1) is 5.69 Å². The number of halogens is 2. The summed E-state index contributed by atoms with van der Waals surface area (Å²) in [6, 6.07) is 0.402. The maximum atomic E-state index is 14.4. The van der Waals surface area contributed by atoms with Crippen molar-refractivity contribution in [2.45, 2.75) is 52.1 Å². The Morgan fingerprint density at radius 3 is 2.46 bits per heavy atom. The number of allylic oxidation sites excluding steroid dienone is 1. The van der Waals surface area contributed by atoms with E-state index in [2.05, 4.69) is 10.3 Å². The molecule has 0 bridgehead atoms. The molecule has 1 saturated carbocycles. The fourth-order valence-corrected chi connectivity index (χ4v) is 3.11. The molecule has 7 heteroatoms. The van der Waals surface area contributed by atoms with Crippen molar-refractivity contribution in [1.82, 2.24) is 15.2 Å². The second kappa shape index (κ2) is 7.61. The van der Waals surface area contributed by atoms with Crippen LogP contribution in [0, 0.1) is 6.92 Å². The third kappa shape index (κ3) is 3.98. The van der Waals surface area contributed by atoms with E-state index in [1.54, 1.807) is 13.8 Å². The minimum Gasteiger partial charge on any atom is -0.355 e. The van der Waals surface area contributed by atoms with Crippen LogP contribution in [0.25, 0.3) is 5.57 Å². The van der Waals surface area contributed by atoms with Crippen LogP contribution in [-0.2, 0) is 17.3 Å². The van der Waals surface area contributed by atoms with Crippen LogP contribution < -0.4 is 5.32 Å². The fraction of sp³-hybridized carbons (Fsp3) is 0.526. The highest BCUT2D eigenvalue weighted by Gasteiger charge is 2.35. The molecule has 0 radical (unpaired) electrons. The van der Waals surface area contributed by atoms with Gasteiger partial charge in [-0.15, -0.1) is 0 Å². The van der Waals surface area contributed by atoms with Gasteiger partial charge in [-0.1, -0.05) is 6.08 Å². The molecule has 0 aliphatic heterocycles. The second-order valence-corrected chi connectivity index (χ2v) is 6.75. The number of hydrogen-bond donors (Lipinski definition) is 1. The molecule has 2 rings (SSSR count). The van der Waals surface area contributed by atoms with E-state index < -0.39 is 17.5 Å². The number of aldehydes is 1. The molecule has 1 aliphatic rings. The van der Waals surface area contributed by atoms with E-state index in [1.165, 1.54) is 13.1 Å². The van der Waals surface area contributed by atoms with E-state index in [-0.39, 0.29) is 16.7 Å². The maximum absolute atomic E-state index is 14.4. The first-order valence-corrected chi connectivity index (χ1v) is 8.61. The Kier molecular flexibility index (Phi) is 5.91. The first-order valence-electron chi connectivity index (χ1n) is 8.61. The average Bonchev–Trinajstić information content (AvgIpc) is 3.41. The molecule has 0 spiro atoms. The monoisotopic (exact) mass is 365 g/mol. The Hall–Kier alpha value is -2.15. The van der Waals surface area contributed by atoms with Crippen molar-refractivity contribution >= 4 is 17.8 Å². The molecular formula is C19H25F2N3O2. The third-order valence-corrected chi connectivity index (χ3v) is 4.71. The summed E-state index contributed by atoms with van der Waals surface area (Å²) in [5, 5.41) is 2.45. The SMILES string of the molecule is CC=C(C(=O)NC)c1c(C(C)(F)F)nc(CN(C)C2CC2)c(C=O)c1C. The van der Waals surface area contributed by atoms with Gasteiger partial charge in [-0.3, -0.25) is 14.5 Å². The zero-order chi connectivity index (χ0) is 19.6. The van der Waals surface area contributed by atoms with Crippen LogP contribution in [0.1, 0.15) is 59.6 Å². The molecule has 1 aromatic heterocycles. The molecule has 1 N–H and O–H groups in total. The zero-order valence-corrected chi connectivity index (χ0v) is 15.8. The standard InChI is InChI=1S/C19H25F2N3O2/c1-6-13(18(26)22-4)16-11(2)14(10-25)15(9-24(5)12-7-8-12)23-17(16)19(3,20)21/h6,10,12H,7-9H2,1-5H3,(H,22,26). The summed E-state index contributed by atoms with van der Waals surface area (Å²) >= 11 is 0. The van der Waals surface area contributed by atoms with Gasteiger partial charge in [-0.2, -0.15) is 8.78 Å². The summed E-state index contributed by atoms with van der Waals surface area (Å²) in [4.78, 5) is 30.1. The summed E-state index contributed by atoms with van der Waals surface area (Å²) in [5.74, 6) is -3.75.